The fourth-order valence-electron chi connectivity index (χ4n) is 5.80. The number of likely N-dealkylation sites (N-methyl/N-ethyl adjacent to an activating group) is 1. The highest BCUT2D eigenvalue weighted by Gasteiger charge is 2.45. The minimum absolute atomic E-state index is 0.101. The average Bonchev–Trinajstić information content (AvgIpc) is 3.01. The number of carbonyl (C=O) groups is 2. The summed E-state index contributed by atoms with van der Waals surface area (Å²) in [6.07, 6.45) is 0. The van der Waals surface area contributed by atoms with Gasteiger partial charge in [0, 0.05) is 44.5 Å². The maximum Gasteiger partial charge on any atom is 0.254 e. The molecule has 9 nitrogen and oxygen atoms in total. The summed E-state index contributed by atoms with van der Waals surface area (Å²) >= 11 is 0. The molecule has 5 rings (SSSR count). The number of methoxy groups -OCH3 is 4. The number of hydrogen-bond donors (Lipinski definition) is 0. The van der Waals surface area contributed by atoms with Crippen LogP contribution in [0.2, 0.25) is 0 Å². The van der Waals surface area contributed by atoms with Crippen molar-refractivity contribution in [3.05, 3.63) is 77.1 Å². The molecule has 1 fully saturated rings. The summed E-state index contributed by atoms with van der Waals surface area (Å²) in [7, 11) is 7.85. The lowest BCUT2D eigenvalue weighted by molar-refractivity contribution is -0.134. The molecule has 3 aromatic carbocycles. The molecule has 0 aromatic heterocycles. The zero-order chi connectivity index (χ0) is 29.3. The second-order valence-electron chi connectivity index (χ2n) is 10.0. The van der Waals surface area contributed by atoms with E-state index < -0.39 is 12.0 Å². The predicted octanol–water partition coefficient (Wildman–Crippen LogP) is 4.12. The number of benzene rings is 3. The molecule has 2 heterocycles. The first-order chi connectivity index (χ1) is 19.8. The summed E-state index contributed by atoms with van der Waals surface area (Å²) in [5.74, 6) is 0.566. The van der Waals surface area contributed by atoms with Gasteiger partial charge in [-0.25, -0.2) is 4.39 Å². The Kier molecular flexibility index (Phi) is 7.92. The summed E-state index contributed by atoms with van der Waals surface area (Å²) in [5.41, 5.74) is 2.62. The van der Waals surface area contributed by atoms with Crippen LogP contribution in [-0.2, 0) is 4.79 Å². The Morgan fingerprint density at radius 1 is 0.780 bits per heavy atom. The summed E-state index contributed by atoms with van der Waals surface area (Å²) in [5, 5.41) is 0. The molecule has 0 unspecified atom stereocenters. The third-order valence-electron chi connectivity index (χ3n) is 7.97. The minimum atomic E-state index is -0.719. The Morgan fingerprint density at radius 3 is 1.98 bits per heavy atom. The highest BCUT2D eigenvalue weighted by molar-refractivity contribution is 6.02. The fourth-order valence-corrected chi connectivity index (χ4v) is 5.80. The topological polar surface area (TPSA) is 80.8 Å². The van der Waals surface area contributed by atoms with Crippen molar-refractivity contribution in [1.29, 1.82) is 0 Å². The van der Waals surface area contributed by atoms with Crippen LogP contribution in [0, 0.1) is 5.82 Å². The molecule has 0 radical (unpaired) electrons. The first-order valence-electron chi connectivity index (χ1n) is 13.4. The predicted molar refractivity (Wildman–Crippen MR) is 152 cm³/mol. The van der Waals surface area contributed by atoms with Gasteiger partial charge in [-0.1, -0.05) is 6.07 Å². The van der Waals surface area contributed by atoms with Crippen molar-refractivity contribution in [2.45, 2.75) is 12.0 Å². The Balaban J connectivity index is 1.55. The Labute approximate surface area is 239 Å². The minimum Gasteiger partial charge on any atom is -0.493 e. The molecule has 1 saturated heterocycles. The number of ether oxygens (including phenoxy) is 4. The summed E-state index contributed by atoms with van der Waals surface area (Å²) in [6, 6.07) is 14.6. The van der Waals surface area contributed by atoms with Crippen LogP contribution in [0.25, 0.3) is 0 Å². The van der Waals surface area contributed by atoms with Gasteiger partial charge in [0.15, 0.2) is 23.0 Å². The molecule has 0 spiro atoms. The normalized spacial score (nSPS) is 18.6. The highest BCUT2D eigenvalue weighted by atomic mass is 19.1. The average molecular weight is 564 g/mol. The maximum absolute atomic E-state index is 14.5. The molecule has 2 atom stereocenters. The van der Waals surface area contributed by atoms with Crippen molar-refractivity contribution in [2.75, 3.05) is 66.6 Å². The number of rotatable bonds is 7. The van der Waals surface area contributed by atoms with E-state index in [1.807, 2.05) is 17.0 Å². The van der Waals surface area contributed by atoms with Gasteiger partial charge in [0.1, 0.15) is 5.82 Å². The number of carbonyl (C=O) groups excluding carboxylic acids is 2. The van der Waals surface area contributed by atoms with Crippen molar-refractivity contribution in [3.63, 3.8) is 0 Å². The first-order valence-corrected chi connectivity index (χ1v) is 13.4. The van der Waals surface area contributed by atoms with Gasteiger partial charge >= 0.3 is 0 Å². The maximum atomic E-state index is 14.5. The van der Waals surface area contributed by atoms with E-state index in [2.05, 4.69) is 4.90 Å². The van der Waals surface area contributed by atoms with Gasteiger partial charge in [-0.3, -0.25) is 9.59 Å². The van der Waals surface area contributed by atoms with Gasteiger partial charge in [0.05, 0.1) is 40.4 Å². The zero-order valence-corrected chi connectivity index (χ0v) is 23.8. The molecule has 0 bridgehead atoms. The molecule has 0 saturated carbocycles. The lowest BCUT2D eigenvalue weighted by atomic mass is 9.78. The number of hydrogen-bond acceptors (Lipinski definition) is 7. The van der Waals surface area contributed by atoms with Crippen molar-refractivity contribution in [3.8, 4) is 23.0 Å². The van der Waals surface area contributed by atoms with Crippen LogP contribution < -0.4 is 23.8 Å². The second-order valence-corrected chi connectivity index (χ2v) is 10.0. The number of nitrogens with zero attached hydrogens (tertiary/aromatic N) is 3. The third-order valence-corrected chi connectivity index (χ3v) is 7.97. The van der Waals surface area contributed by atoms with E-state index in [0.717, 1.165) is 11.3 Å². The van der Waals surface area contributed by atoms with E-state index in [4.69, 9.17) is 18.9 Å². The van der Waals surface area contributed by atoms with Gasteiger partial charge in [-0.2, -0.15) is 0 Å². The van der Waals surface area contributed by atoms with Gasteiger partial charge < -0.3 is 33.6 Å². The van der Waals surface area contributed by atoms with Crippen molar-refractivity contribution < 1.29 is 32.9 Å². The van der Waals surface area contributed by atoms with Gasteiger partial charge in [0.25, 0.3) is 5.91 Å². The molecule has 0 N–H and O–H groups in total. The summed E-state index contributed by atoms with van der Waals surface area (Å²) in [4.78, 5) is 33.8. The monoisotopic (exact) mass is 563 g/mol. The summed E-state index contributed by atoms with van der Waals surface area (Å²) in [6.45, 7) is 2.15. The van der Waals surface area contributed by atoms with Gasteiger partial charge in [0.2, 0.25) is 5.91 Å². The van der Waals surface area contributed by atoms with E-state index in [0.29, 0.717) is 60.3 Å². The van der Waals surface area contributed by atoms with Crippen LogP contribution in [0.3, 0.4) is 0 Å². The van der Waals surface area contributed by atoms with Crippen LogP contribution in [-0.4, -0.2) is 83.3 Å². The molecule has 3 aromatic rings. The first kappa shape index (κ1) is 28.1. The van der Waals surface area contributed by atoms with Crippen molar-refractivity contribution in [1.82, 2.24) is 9.80 Å². The van der Waals surface area contributed by atoms with Crippen LogP contribution >= 0.6 is 0 Å². The van der Waals surface area contributed by atoms with Gasteiger partial charge in [-0.05, 0) is 59.7 Å². The molecule has 0 aliphatic carbocycles. The molecule has 2 aliphatic heterocycles. The summed E-state index contributed by atoms with van der Waals surface area (Å²) < 4.78 is 35.5. The highest BCUT2D eigenvalue weighted by Crippen LogP contribution is 2.47. The fraction of sp³-hybridized carbons (Fsp3) is 0.355. The van der Waals surface area contributed by atoms with Crippen LogP contribution in [0.1, 0.15) is 33.4 Å². The number of halogens is 1. The van der Waals surface area contributed by atoms with E-state index >= 15 is 0 Å². The second kappa shape index (κ2) is 11.6. The molecule has 41 heavy (non-hydrogen) atoms. The molecule has 216 valence electrons. The molecular weight excluding hydrogens is 529 g/mol. The van der Waals surface area contributed by atoms with Gasteiger partial charge in [-0.15, -0.1) is 0 Å². The smallest absolute Gasteiger partial charge is 0.254 e. The number of piperazine rings is 1. The molecular formula is C31H34FN3O6. The molecule has 2 amide bonds. The van der Waals surface area contributed by atoms with Crippen LogP contribution in [0.15, 0.2) is 54.6 Å². The molecule has 2 aliphatic rings. The Hall–Kier alpha value is -4.47. The number of amides is 2. The van der Waals surface area contributed by atoms with Crippen LogP contribution in [0.4, 0.5) is 10.1 Å². The SMILES string of the molecule is COc1ccc([C@H]2[C@H](C(=O)N3CCN(c4ccc(F)cc4)CC3)c3cc(OC)c(OC)cc3C(=O)N2C)cc1OC. The quantitative estimate of drug-likeness (QED) is 0.428. The van der Waals surface area contributed by atoms with Crippen molar-refractivity contribution >= 4 is 17.5 Å². The number of anilines is 1. The Bertz CT molecular complexity index is 1440. The Morgan fingerprint density at radius 2 is 1.37 bits per heavy atom. The molecule has 10 heteroatoms. The standard InChI is InChI=1S/C31H34FN3O6/c1-33-29(19-6-11-24(38-2)25(16-19)39-3)28(22-17-26(40-4)27(41-5)18-23(22)30(33)36)31(37)35-14-12-34(13-15-35)21-9-7-20(32)8-10-21/h6-11,16-18,28-29H,12-15H2,1-5H3/t28-,29+/m1/s1. The number of fused-ring (bicyclic) bond motifs is 1. The largest absolute Gasteiger partial charge is 0.493 e. The van der Waals surface area contributed by atoms with E-state index in [-0.39, 0.29) is 17.6 Å². The van der Waals surface area contributed by atoms with E-state index in [1.165, 1.54) is 26.4 Å². The van der Waals surface area contributed by atoms with Crippen molar-refractivity contribution in [2.24, 2.45) is 0 Å². The lowest BCUT2D eigenvalue weighted by Gasteiger charge is -2.43. The third kappa shape index (κ3) is 5.10. The lowest BCUT2D eigenvalue weighted by Crippen LogP contribution is -2.53. The van der Waals surface area contributed by atoms with Crippen LogP contribution in [0.5, 0.6) is 23.0 Å². The zero-order valence-electron chi connectivity index (χ0n) is 23.8. The van der Waals surface area contributed by atoms with E-state index in [9.17, 15) is 14.0 Å². The van der Waals surface area contributed by atoms with E-state index in [1.54, 1.807) is 56.5 Å².